The smallest absolute Gasteiger partial charge is 0.116 e. The van der Waals surface area contributed by atoms with Crippen LogP contribution >= 0.6 is 0 Å². The van der Waals surface area contributed by atoms with Crippen LogP contribution in [0, 0.1) is 5.92 Å². The molecule has 3 rings (SSSR count). The van der Waals surface area contributed by atoms with Gasteiger partial charge in [-0.25, -0.2) is 0 Å². The highest BCUT2D eigenvalue weighted by molar-refractivity contribution is 5.80. The lowest BCUT2D eigenvalue weighted by atomic mass is 10.00. The molecule has 2 heterocycles. The Morgan fingerprint density at radius 3 is 3.06 bits per heavy atom. The molecule has 16 heavy (non-hydrogen) atoms. The van der Waals surface area contributed by atoms with Crippen LogP contribution in [0.5, 0.6) is 5.75 Å². The van der Waals surface area contributed by atoms with Gasteiger partial charge >= 0.3 is 0 Å². The summed E-state index contributed by atoms with van der Waals surface area (Å²) >= 11 is 0. The second-order valence-corrected chi connectivity index (χ2v) is 4.42. The Kier molecular flexibility index (Phi) is 2.29. The maximum atomic E-state index is 9.36. The molecule has 0 saturated carbocycles. The molecule has 0 unspecified atom stereocenters. The van der Waals surface area contributed by atoms with E-state index in [1.165, 1.54) is 6.42 Å². The molecule has 4 heteroatoms. The van der Waals surface area contributed by atoms with Crippen molar-refractivity contribution in [2.24, 2.45) is 5.92 Å². The first kappa shape index (κ1) is 9.66. The molecular weight excluding hydrogens is 202 g/mol. The van der Waals surface area contributed by atoms with Gasteiger partial charge in [0, 0.05) is 11.9 Å². The number of fused-ring (bicyclic) bond motifs is 1. The number of benzene rings is 1. The van der Waals surface area contributed by atoms with Gasteiger partial charge in [-0.2, -0.15) is 5.10 Å². The number of phenolic OH excluding ortho intramolecular Hbond substituents is 1. The Labute approximate surface area is 93.9 Å². The minimum atomic E-state index is 0.301. The molecular formula is C12H15N3O. The van der Waals surface area contributed by atoms with Crippen molar-refractivity contribution in [1.82, 2.24) is 15.1 Å². The van der Waals surface area contributed by atoms with Gasteiger partial charge in [0.25, 0.3) is 0 Å². The van der Waals surface area contributed by atoms with Crippen LogP contribution in [0.2, 0.25) is 0 Å². The van der Waals surface area contributed by atoms with Crippen LogP contribution in [0.4, 0.5) is 0 Å². The Balaban J connectivity index is 1.80. The number of nitrogens with one attached hydrogen (secondary N) is 1. The summed E-state index contributed by atoms with van der Waals surface area (Å²) in [5.41, 5.74) is 1.10. The molecule has 0 amide bonds. The average Bonchev–Trinajstić information content (AvgIpc) is 2.58. The zero-order chi connectivity index (χ0) is 11.0. The fourth-order valence-electron chi connectivity index (χ4n) is 2.11. The normalized spacial score (nSPS) is 16.5. The summed E-state index contributed by atoms with van der Waals surface area (Å²) < 4.78 is 2.02. The molecule has 1 aromatic heterocycles. The third-order valence-corrected chi connectivity index (χ3v) is 3.24. The van der Waals surface area contributed by atoms with E-state index in [1.54, 1.807) is 12.1 Å². The molecule has 1 saturated heterocycles. The maximum absolute atomic E-state index is 9.36. The van der Waals surface area contributed by atoms with E-state index in [-0.39, 0.29) is 0 Å². The minimum Gasteiger partial charge on any atom is -0.508 e. The maximum Gasteiger partial charge on any atom is 0.116 e. The summed E-state index contributed by atoms with van der Waals surface area (Å²) in [6, 6.07) is 5.39. The molecule has 1 aliphatic heterocycles. The molecule has 1 aromatic carbocycles. The van der Waals surface area contributed by atoms with Crippen molar-refractivity contribution in [3.8, 4) is 5.75 Å². The summed E-state index contributed by atoms with van der Waals surface area (Å²) in [6.45, 7) is 3.24. The topological polar surface area (TPSA) is 50.1 Å². The van der Waals surface area contributed by atoms with E-state index < -0.39 is 0 Å². The van der Waals surface area contributed by atoms with Crippen molar-refractivity contribution >= 4 is 10.9 Å². The third-order valence-electron chi connectivity index (χ3n) is 3.24. The first-order valence-corrected chi connectivity index (χ1v) is 5.68. The first-order valence-electron chi connectivity index (χ1n) is 5.68. The molecule has 1 fully saturated rings. The van der Waals surface area contributed by atoms with Crippen molar-refractivity contribution in [1.29, 1.82) is 0 Å². The lowest BCUT2D eigenvalue weighted by molar-refractivity contribution is 0.308. The zero-order valence-corrected chi connectivity index (χ0v) is 9.06. The Morgan fingerprint density at radius 1 is 1.44 bits per heavy atom. The van der Waals surface area contributed by atoms with E-state index in [4.69, 9.17) is 0 Å². The molecule has 0 spiro atoms. The van der Waals surface area contributed by atoms with Gasteiger partial charge in [-0.05, 0) is 43.6 Å². The fraction of sp³-hybridized carbons (Fsp3) is 0.417. The number of hydrogen-bond donors (Lipinski definition) is 2. The lowest BCUT2D eigenvalue weighted by Crippen LogP contribution is -2.42. The van der Waals surface area contributed by atoms with Gasteiger partial charge in [0.05, 0.1) is 11.7 Å². The molecule has 2 aromatic rings. The van der Waals surface area contributed by atoms with Crippen molar-refractivity contribution < 1.29 is 5.11 Å². The standard InChI is InChI=1S/C12H15N3O/c16-11-1-2-12-10(5-11)8-14-15(12)4-3-9-6-13-7-9/h1-2,5,8-9,13,16H,3-4,6-7H2. The van der Waals surface area contributed by atoms with E-state index in [2.05, 4.69) is 10.4 Å². The van der Waals surface area contributed by atoms with Crippen molar-refractivity contribution in [3.63, 3.8) is 0 Å². The van der Waals surface area contributed by atoms with Crippen LogP contribution in [0.3, 0.4) is 0 Å². The number of aromatic hydroxyl groups is 1. The molecule has 0 radical (unpaired) electrons. The first-order chi connectivity index (χ1) is 7.83. The summed E-state index contributed by atoms with van der Waals surface area (Å²) in [6.07, 6.45) is 2.98. The molecule has 4 nitrogen and oxygen atoms in total. The number of nitrogens with zero attached hydrogens (tertiary/aromatic N) is 2. The SMILES string of the molecule is Oc1ccc2c(cnn2CCC2CNC2)c1. The minimum absolute atomic E-state index is 0.301. The number of hydrogen-bond acceptors (Lipinski definition) is 3. The number of aromatic nitrogens is 2. The Morgan fingerprint density at radius 2 is 2.31 bits per heavy atom. The van der Waals surface area contributed by atoms with Gasteiger partial charge in [0.1, 0.15) is 5.75 Å². The molecule has 2 N–H and O–H groups in total. The summed E-state index contributed by atoms with van der Waals surface area (Å²) in [5, 5.41) is 18.0. The van der Waals surface area contributed by atoms with E-state index >= 15 is 0 Å². The van der Waals surface area contributed by atoms with Crippen molar-refractivity contribution in [3.05, 3.63) is 24.4 Å². The summed E-state index contributed by atoms with van der Waals surface area (Å²) in [5.74, 6) is 1.10. The Bertz CT molecular complexity index is 502. The van der Waals surface area contributed by atoms with Gasteiger partial charge in [0.15, 0.2) is 0 Å². The second-order valence-electron chi connectivity index (χ2n) is 4.42. The fourth-order valence-corrected chi connectivity index (χ4v) is 2.11. The van der Waals surface area contributed by atoms with E-state index in [0.717, 1.165) is 36.5 Å². The van der Waals surface area contributed by atoms with E-state index in [0.29, 0.717) is 5.75 Å². The predicted octanol–water partition coefficient (Wildman–Crippen LogP) is 1.35. The van der Waals surface area contributed by atoms with Gasteiger partial charge in [0.2, 0.25) is 0 Å². The molecule has 0 atom stereocenters. The van der Waals surface area contributed by atoms with Crippen LogP contribution in [-0.4, -0.2) is 28.0 Å². The quantitative estimate of drug-likeness (QED) is 0.816. The van der Waals surface area contributed by atoms with Crippen LogP contribution < -0.4 is 5.32 Å². The van der Waals surface area contributed by atoms with Crippen LogP contribution in [0.15, 0.2) is 24.4 Å². The van der Waals surface area contributed by atoms with Crippen molar-refractivity contribution in [2.75, 3.05) is 13.1 Å². The highest BCUT2D eigenvalue weighted by Gasteiger charge is 2.16. The molecule has 1 aliphatic rings. The van der Waals surface area contributed by atoms with E-state index in [1.807, 2.05) is 16.9 Å². The third kappa shape index (κ3) is 1.65. The van der Waals surface area contributed by atoms with Crippen LogP contribution in [0.25, 0.3) is 10.9 Å². The highest BCUT2D eigenvalue weighted by atomic mass is 16.3. The van der Waals surface area contributed by atoms with Gasteiger partial charge in [-0.15, -0.1) is 0 Å². The van der Waals surface area contributed by atoms with Gasteiger partial charge in [-0.3, -0.25) is 4.68 Å². The predicted molar refractivity (Wildman–Crippen MR) is 62.4 cm³/mol. The zero-order valence-electron chi connectivity index (χ0n) is 9.06. The Hall–Kier alpha value is -1.55. The monoisotopic (exact) mass is 217 g/mol. The average molecular weight is 217 g/mol. The van der Waals surface area contributed by atoms with Gasteiger partial charge < -0.3 is 10.4 Å². The summed E-state index contributed by atoms with van der Waals surface area (Å²) in [4.78, 5) is 0. The number of phenols is 1. The van der Waals surface area contributed by atoms with Crippen molar-refractivity contribution in [2.45, 2.75) is 13.0 Å². The van der Waals surface area contributed by atoms with E-state index in [9.17, 15) is 5.11 Å². The number of aryl methyl sites for hydroxylation is 1. The van der Waals surface area contributed by atoms with Crippen LogP contribution in [0.1, 0.15) is 6.42 Å². The lowest BCUT2D eigenvalue weighted by Gasteiger charge is -2.26. The molecule has 0 bridgehead atoms. The largest absolute Gasteiger partial charge is 0.508 e. The number of rotatable bonds is 3. The summed E-state index contributed by atoms with van der Waals surface area (Å²) in [7, 11) is 0. The molecule has 0 aliphatic carbocycles. The van der Waals surface area contributed by atoms with Gasteiger partial charge in [-0.1, -0.05) is 0 Å². The molecule has 84 valence electrons. The highest BCUT2D eigenvalue weighted by Crippen LogP contribution is 2.20. The van der Waals surface area contributed by atoms with Crippen LogP contribution in [-0.2, 0) is 6.54 Å². The second kappa shape index (κ2) is 3.79.